The zero-order valence-corrected chi connectivity index (χ0v) is 9.08. The molecule has 0 radical (unpaired) electrons. The van der Waals surface area contributed by atoms with E-state index in [1.807, 2.05) is 12.1 Å². The standard InChI is InChI=1S/C12H17NO/c1-4-13-9-12(2,3)14-11-8-6-5-7-10(11)13/h5-8H,4,9H2,1-3H3. The Morgan fingerprint density at radius 2 is 2.07 bits per heavy atom. The van der Waals surface area contributed by atoms with Gasteiger partial charge in [0.25, 0.3) is 0 Å². The van der Waals surface area contributed by atoms with Crippen molar-refractivity contribution in [2.45, 2.75) is 26.4 Å². The molecule has 0 atom stereocenters. The van der Waals surface area contributed by atoms with Crippen LogP contribution in [0.25, 0.3) is 0 Å². The van der Waals surface area contributed by atoms with Crippen molar-refractivity contribution < 1.29 is 4.74 Å². The number of para-hydroxylation sites is 2. The number of fused-ring (bicyclic) bond motifs is 1. The molecule has 0 unspecified atom stereocenters. The largest absolute Gasteiger partial charge is 0.484 e. The molecule has 0 N–H and O–H groups in total. The highest BCUT2D eigenvalue weighted by molar-refractivity contribution is 5.60. The van der Waals surface area contributed by atoms with Crippen LogP contribution in [0.5, 0.6) is 5.75 Å². The lowest BCUT2D eigenvalue weighted by Crippen LogP contribution is -2.46. The summed E-state index contributed by atoms with van der Waals surface area (Å²) in [6, 6.07) is 8.24. The zero-order valence-electron chi connectivity index (χ0n) is 9.08. The van der Waals surface area contributed by atoms with Gasteiger partial charge < -0.3 is 9.64 Å². The van der Waals surface area contributed by atoms with Crippen LogP contribution in [-0.4, -0.2) is 18.7 Å². The van der Waals surface area contributed by atoms with E-state index in [-0.39, 0.29) is 5.60 Å². The Hall–Kier alpha value is -1.18. The van der Waals surface area contributed by atoms with Gasteiger partial charge in [-0.3, -0.25) is 0 Å². The molecule has 0 aliphatic carbocycles. The highest BCUT2D eigenvalue weighted by atomic mass is 16.5. The summed E-state index contributed by atoms with van der Waals surface area (Å²) in [6.07, 6.45) is 0. The summed E-state index contributed by atoms with van der Waals surface area (Å²) in [5.74, 6) is 1.01. The molecule has 0 bridgehead atoms. The minimum absolute atomic E-state index is 0.0790. The fourth-order valence-corrected chi connectivity index (χ4v) is 1.96. The average Bonchev–Trinajstić information content (AvgIpc) is 2.15. The molecule has 0 aromatic heterocycles. The number of hydrogen-bond acceptors (Lipinski definition) is 2. The highest BCUT2D eigenvalue weighted by Crippen LogP contribution is 2.36. The number of ether oxygens (including phenoxy) is 1. The van der Waals surface area contributed by atoms with Crippen LogP contribution < -0.4 is 9.64 Å². The molecule has 0 saturated carbocycles. The van der Waals surface area contributed by atoms with E-state index in [1.54, 1.807) is 0 Å². The fourth-order valence-electron chi connectivity index (χ4n) is 1.96. The third-order valence-corrected chi connectivity index (χ3v) is 2.55. The minimum atomic E-state index is -0.0790. The SMILES string of the molecule is CCN1CC(C)(C)Oc2ccccc21. The lowest BCUT2D eigenvalue weighted by molar-refractivity contribution is 0.105. The van der Waals surface area contributed by atoms with Crippen molar-refractivity contribution in [2.75, 3.05) is 18.0 Å². The van der Waals surface area contributed by atoms with Gasteiger partial charge in [-0.05, 0) is 32.9 Å². The van der Waals surface area contributed by atoms with Gasteiger partial charge in [-0.15, -0.1) is 0 Å². The predicted molar refractivity (Wildman–Crippen MR) is 59.0 cm³/mol. The van der Waals surface area contributed by atoms with E-state index < -0.39 is 0 Å². The van der Waals surface area contributed by atoms with Gasteiger partial charge in [0.15, 0.2) is 0 Å². The highest BCUT2D eigenvalue weighted by Gasteiger charge is 2.30. The van der Waals surface area contributed by atoms with Crippen molar-refractivity contribution in [3.05, 3.63) is 24.3 Å². The van der Waals surface area contributed by atoms with E-state index in [2.05, 4.69) is 37.8 Å². The monoisotopic (exact) mass is 191 g/mol. The van der Waals surface area contributed by atoms with Crippen LogP contribution in [0.4, 0.5) is 5.69 Å². The van der Waals surface area contributed by atoms with Crippen LogP contribution in [0.2, 0.25) is 0 Å². The van der Waals surface area contributed by atoms with Gasteiger partial charge in [0, 0.05) is 6.54 Å². The normalized spacial score (nSPS) is 18.6. The number of anilines is 1. The number of likely N-dealkylation sites (N-methyl/N-ethyl adjacent to an activating group) is 1. The molecule has 0 spiro atoms. The van der Waals surface area contributed by atoms with Gasteiger partial charge in [0.2, 0.25) is 0 Å². The van der Waals surface area contributed by atoms with Crippen LogP contribution in [0.3, 0.4) is 0 Å². The maximum absolute atomic E-state index is 5.91. The van der Waals surface area contributed by atoms with Gasteiger partial charge in [0.05, 0.1) is 12.2 Å². The average molecular weight is 191 g/mol. The maximum Gasteiger partial charge on any atom is 0.143 e. The van der Waals surface area contributed by atoms with Crippen molar-refractivity contribution in [3.8, 4) is 5.75 Å². The molecule has 2 nitrogen and oxygen atoms in total. The molecule has 0 fully saturated rings. The Balaban J connectivity index is 2.41. The fraction of sp³-hybridized carbons (Fsp3) is 0.500. The molecule has 1 heterocycles. The van der Waals surface area contributed by atoms with E-state index in [0.29, 0.717) is 0 Å². The molecule has 14 heavy (non-hydrogen) atoms. The first-order valence-electron chi connectivity index (χ1n) is 5.15. The van der Waals surface area contributed by atoms with Crippen LogP contribution in [-0.2, 0) is 0 Å². The molecule has 1 aliphatic heterocycles. The molecular weight excluding hydrogens is 174 g/mol. The van der Waals surface area contributed by atoms with E-state index in [0.717, 1.165) is 18.8 Å². The quantitative estimate of drug-likeness (QED) is 0.676. The van der Waals surface area contributed by atoms with Gasteiger partial charge in [-0.2, -0.15) is 0 Å². The third kappa shape index (κ3) is 1.57. The summed E-state index contributed by atoms with van der Waals surface area (Å²) in [4.78, 5) is 2.36. The summed E-state index contributed by atoms with van der Waals surface area (Å²) < 4.78 is 5.91. The first kappa shape index (κ1) is 9.38. The molecular formula is C12H17NO. The lowest BCUT2D eigenvalue weighted by Gasteiger charge is -2.40. The number of nitrogens with zero attached hydrogens (tertiary/aromatic N) is 1. The first-order chi connectivity index (χ1) is 6.62. The molecule has 0 saturated heterocycles. The summed E-state index contributed by atoms with van der Waals surface area (Å²) >= 11 is 0. The Labute approximate surface area is 85.5 Å². The van der Waals surface area contributed by atoms with Crippen LogP contribution in [0.15, 0.2) is 24.3 Å². The van der Waals surface area contributed by atoms with Crippen molar-refractivity contribution in [1.29, 1.82) is 0 Å². The molecule has 2 rings (SSSR count). The topological polar surface area (TPSA) is 12.5 Å². The first-order valence-corrected chi connectivity index (χ1v) is 5.15. The van der Waals surface area contributed by atoms with E-state index in [1.165, 1.54) is 5.69 Å². The molecule has 1 aromatic carbocycles. The molecule has 2 heteroatoms. The number of rotatable bonds is 1. The Morgan fingerprint density at radius 3 is 2.79 bits per heavy atom. The van der Waals surface area contributed by atoms with Crippen molar-refractivity contribution in [3.63, 3.8) is 0 Å². The lowest BCUT2D eigenvalue weighted by atomic mass is 10.1. The van der Waals surface area contributed by atoms with Crippen molar-refractivity contribution >= 4 is 5.69 Å². The van der Waals surface area contributed by atoms with Gasteiger partial charge >= 0.3 is 0 Å². The minimum Gasteiger partial charge on any atom is -0.484 e. The molecule has 76 valence electrons. The smallest absolute Gasteiger partial charge is 0.143 e. The van der Waals surface area contributed by atoms with Crippen molar-refractivity contribution in [1.82, 2.24) is 0 Å². The van der Waals surface area contributed by atoms with E-state index in [4.69, 9.17) is 4.74 Å². The van der Waals surface area contributed by atoms with E-state index in [9.17, 15) is 0 Å². The molecule has 1 aliphatic rings. The van der Waals surface area contributed by atoms with Gasteiger partial charge in [-0.1, -0.05) is 12.1 Å². The Morgan fingerprint density at radius 1 is 1.36 bits per heavy atom. The number of benzene rings is 1. The summed E-state index contributed by atoms with van der Waals surface area (Å²) in [7, 11) is 0. The second-order valence-corrected chi connectivity index (χ2v) is 4.34. The van der Waals surface area contributed by atoms with Gasteiger partial charge in [0.1, 0.15) is 11.4 Å². The van der Waals surface area contributed by atoms with Crippen molar-refractivity contribution in [2.24, 2.45) is 0 Å². The second-order valence-electron chi connectivity index (χ2n) is 4.34. The predicted octanol–water partition coefficient (Wildman–Crippen LogP) is 2.68. The van der Waals surface area contributed by atoms with E-state index >= 15 is 0 Å². The number of hydrogen-bond donors (Lipinski definition) is 0. The van der Waals surface area contributed by atoms with Crippen LogP contribution >= 0.6 is 0 Å². The zero-order chi connectivity index (χ0) is 10.2. The maximum atomic E-state index is 5.91. The molecule has 0 amide bonds. The summed E-state index contributed by atoms with van der Waals surface area (Å²) in [5, 5.41) is 0. The van der Waals surface area contributed by atoms with Crippen LogP contribution in [0.1, 0.15) is 20.8 Å². The molecule has 1 aromatic rings. The van der Waals surface area contributed by atoms with Gasteiger partial charge in [-0.25, -0.2) is 0 Å². The summed E-state index contributed by atoms with van der Waals surface area (Å²) in [5.41, 5.74) is 1.14. The van der Waals surface area contributed by atoms with Crippen LogP contribution in [0, 0.1) is 0 Å². The summed E-state index contributed by atoms with van der Waals surface area (Å²) in [6.45, 7) is 8.43. The Kier molecular flexibility index (Phi) is 2.14. The Bertz CT molecular complexity index is 333. The second kappa shape index (κ2) is 3.19. The third-order valence-electron chi connectivity index (χ3n) is 2.55.